The van der Waals surface area contributed by atoms with Crippen LogP contribution in [0.15, 0.2) is 23.2 Å². The molecule has 0 aromatic heterocycles. The Hall–Kier alpha value is -1.42. The summed E-state index contributed by atoms with van der Waals surface area (Å²) in [6.07, 6.45) is 1.58. The number of hydrogen-bond donors (Lipinski definition) is 0. The van der Waals surface area contributed by atoms with Crippen molar-refractivity contribution in [3.63, 3.8) is 0 Å². The van der Waals surface area contributed by atoms with Crippen LogP contribution in [0.5, 0.6) is 0 Å². The number of rotatable bonds is 2. The first-order valence-electron chi connectivity index (χ1n) is 3.51. The minimum absolute atomic E-state index is 0.0880. The number of nitro benzene ring substituents is 1. The van der Waals surface area contributed by atoms with Gasteiger partial charge >= 0.3 is 0 Å². The van der Waals surface area contributed by atoms with E-state index >= 15 is 0 Å². The van der Waals surface area contributed by atoms with Crippen LogP contribution in [0.2, 0.25) is 5.02 Å². The summed E-state index contributed by atoms with van der Waals surface area (Å²) in [5.41, 5.74) is 0.660. The van der Waals surface area contributed by atoms with Crippen LogP contribution < -0.4 is 0 Å². The lowest BCUT2D eigenvalue weighted by Crippen LogP contribution is -1.90. The maximum atomic E-state index is 10.4. The zero-order chi connectivity index (χ0) is 9.84. The fourth-order valence-corrected chi connectivity index (χ4v) is 1.16. The first-order chi connectivity index (χ1) is 6.15. The molecule has 5 heteroatoms. The first-order valence-corrected chi connectivity index (χ1v) is 3.89. The monoisotopic (exact) mass is 198 g/mol. The van der Waals surface area contributed by atoms with Crippen LogP contribution in [0.1, 0.15) is 5.56 Å². The van der Waals surface area contributed by atoms with Crippen molar-refractivity contribution in [3.8, 4) is 0 Å². The summed E-state index contributed by atoms with van der Waals surface area (Å²) in [6.45, 7) is 0. The topological polar surface area (TPSA) is 55.5 Å². The quantitative estimate of drug-likeness (QED) is 0.416. The predicted molar refractivity (Wildman–Crippen MR) is 51.6 cm³/mol. The lowest BCUT2D eigenvalue weighted by Gasteiger charge is -1.95. The molecular formula is C8H7ClN2O2. The van der Waals surface area contributed by atoms with E-state index in [0.717, 1.165) is 5.56 Å². The molecule has 0 saturated carbocycles. The molecule has 0 aliphatic carbocycles. The Balaban J connectivity index is 3.12. The molecule has 0 spiro atoms. The number of benzene rings is 1. The molecule has 4 nitrogen and oxygen atoms in total. The molecule has 0 fully saturated rings. The molecule has 0 radical (unpaired) electrons. The molecule has 1 aromatic rings. The highest BCUT2D eigenvalue weighted by atomic mass is 35.5. The van der Waals surface area contributed by atoms with Gasteiger partial charge in [0.15, 0.2) is 0 Å². The van der Waals surface area contributed by atoms with Crippen LogP contribution in [0.25, 0.3) is 0 Å². The zero-order valence-corrected chi connectivity index (χ0v) is 7.65. The Morgan fingerprint density at radius 2 is 2.31 bits per heavy atom. The molecule has 0 unspecified atom stereocenters. The Morgan fingerprint density at radius 3 is 2.77 bits per heavy atom. The van der Waals surface area contributed by atoms with E-state index in [1.165, 1.54) is 12.1 Å². The summed E-state index contributed by atoms with van der Waals surface area (Å²) in [7, 11) is 1.62. The lowest BCUT2D eigenvalue weighted by molar-refractivity contribution is -0.384. The van der Waals surface area contributed by atoms with Crippen LogP contribution in [-0.4, -0.2) is 18.2 Å². The Bertz CT molecular complexity index is 363. The third kappa shape index (κ3) is 2.26. The molecule has 1 aromatic carbocycles. The van der Waals surface area contributed by atoms with E-state index in [0.29, 0.717) is 0 Å². The van der Waals surface area contributed by atoms with Crippen molar-refractivity contribution < 1.29 is 4.92 Å². The van der Waals surface area contributed by atoms with Crippen LogP contribution in [0, 0.1) is 10.1 Å². The van der Waals surface area contributed by atoms with Crippen LogP contribution in [0.4, 0.5) is 5.69 Å². The van der Waals surface area contributed by atoms with Crippen molar-refractivity contribution in [1.82, 2.24) is 0 Å². The van der Waals surface area contributed by atoms with Gasteiger partial charge in [-0.05, 0) is 17.7 Å². The van der Waals surface area contributed by atoms with Gasteiger partial charge in [-0.3, -0.25) is 15.1 Å². The SMILES string of the molecule is CN=Cc1ccc([N+](=O)[O-])c(Cl)c1. The highest BCUT2D eigenvalue weighted by Gasteiger charge is 2.10. The second-order valence-electron chi connectivity index (χ2n) is 2.36. The highest BCUT2D eigenvalue weighted by Crippen LogP contribution is 2.24. The van der Waals surface area contributed by atoms with Gasteiger partial charge in [-0.15, -0.1) is 0 Å². The fraction of sp³-hybridized carbons (Fsp3) is 0.125. The van der Waals surface area contributed by atoms with Gasteiger partial charge in [0.2, 0.25) is 0 Å². The Kier molecular flexibility index (Phi) is 2.97. The summed E-state index contributed by atoms with van der Waals surface area (Å²) in [5.74, 6) is 0. The highest BCUT2D eigenvalue weighted by molar-refractivity contribution is 6.32. The van der Waals surface area contributed by atoms with E-state index in [-0.39, 0.29) is 10.7 Å². The fourth-order valence-electron chi connectivity index (χ4n) is 0.901. The van der Waals surface area contributed by atoms with E-state index in [1.54, 1.807) is 19.3 Å². The zero-order valence-electron chi connectivity index (χ0n) is 6.90. The summed E-state index contributed by atoms with van der Waals surface area (Å²) in [6, 6.07) is 4.46. The number of nitrogens with zero attached hydrogens (tertiary/aromatic N) is 2. The van der Waals surface area contributed by atoms with E-state index < -0.39 is 4.92 Å². The second-order valence-corrected chi connectivity index (χ2v) is 2.76. The average molecular weight is 199 g/mol. The number of hydrogen-bond acceptors (Lipinski definition) is 3. The van der Waals surface area contributed by atoms with Crippen LogP contribution in [0.3, 0.4) is 0 Å². The minimum atomic E-state index is -0.519. The molecule has 0 saturated heterocycles. The molecular weight excluding hydrogens is 192 g/mol. The van der Waals surface area contributed by atoms with Gasteiger partial charge in [-0.1, -0.05) is 11.6 Å². The van der Waals surface area contributed by atoms with E-state index in [9.17, 15) is 10.1 Å². The van der Waals surface area contributed by atoms with Gasteiger partial charge in [-0.2, -0.15) is 0 Å². The van der Waals surface area contributed by atoms with E-state index in [1.807, 2.05) is 0 Å². The Morgan fingerprint density at radius 1 is 1.62 bits per heavy atom. The van der Waals surface area contributed by atoms with Crippen molar-refractivity contribution in [2.45, 2.75) is 0 Å². The van der Waals surface area contributed by atoms with E-state index in [4.69, 9.17) is 11.6 Å². The molecule has 0 amide bonds. The van der Waals surface area contributed by atoms with E-state index in [2.05, 4.69) is 4.99 Å². The normalized spacial score (nSPS) is 10.6. The molecule has 68 valence electrons. The molecule has 13 heavy (non-hydrogen) atoms. The summed E-state index contributed by atoms with van der Waals surface area (Å²) >= 11 is 5.66. The van der Waals surface area contributed by atoms with Gasteiger partial charge in [-0.25, -0.2) is 0 Å². The van der Waals surface area contributed by atoms with Crippen molar-refractivity contribution in [1.29, 1.82) is 0 Å². The predicted octanol–water partition coefficient (Wildman–Crippen LogP) is 2.30. The van der Waals surface area contributed by atoms with Crippen molar-refractivity contribution in [3.05, 3.63) is 38.9 Å². The molecule has 0 aliphatic rings. The van der Waals surface area contributed by atoms with Crippen LogP contribution in [-0.2, 0) is 0 Å². The second kappa shape index (κ2) is 4.00. The maximum absolute atomic E-state index is 10.4. The molecule has 0 heterocycles. The van der Waals surface area contributed by atoms with Gasteiger partial charge in [0.05, 0.1) is 4.92 Å². The number of aliphatic imine (C=N–C) groups is 1. The number of nitro groups is 1. The smallest absolute Gasteiger partial charge is 0.287 e. The molecule has 0 N–H and O–H groups in total. The molecule has 0 bridgehead atoms. The summed E-state index contributed by atoms with van der Waals surface area (Å²) in [5, 5.41) is 10.5. The van der Waals surface area contributed by atoms with Gasteiger partial charge in [0, 0.05) is 19.3 Å². The largest absolute Gasteiger partial charge is 0.296 e. The third-order valence-corrected chi connectivity index (χ3v) is 1.75. The van der Waals surface area contributed by atoms with Gasteiger partial charge in [0.25, 0.3) is 5.69 Å². The van der Waals surface area contributed by atoms with Gasteiger partial charge in [0.1, 0.15) is 5.02 Å². The van der Waals surface area contributed by atoms with Crippen molar-refractivity contribution in [2.24, 2.45) is 4.99 Å². The Labute approximate surface area is 80.0 Å². The third-order valence-electron chi connectivity index (χ3n) is 1.45. The molecule has 1 rings (SSSR count). The lowest BCUT2D eigenvalue weighted by atomic mass is 10.2. The summed E-state index contributed by atoms with van der Waals surface area (Å²) in [4.78, 5) is 13.6. The number of halogens is 1. The average Bonchev–Trinajstić information content (AvgIpc) is 2.04. The standard InChI is InChI=1S/C8H7ClN2O2/c1-10-5-6-2-3-8(11(12)13)7(9)4-6/h2-5H,1H3. The first kappa shape index (κ1) is 9.67. The molecule has 0 aliphatic heterocycles. The maximum Gasteiger partial charge on any atom is 0.287 e. The van der Waals surface area contributed by atoms with Crippen LogP contribution >= 0.6 is 11.6 Å². The molecule has 0 atom stereocenters. The minimum Gasteiger partial charge on any atom is -0.296 e. The van der Waals surface area contributed by atoms with Gasteiger partial charge < -0.3 is 0 Å². The van der Waals surface area contributed by atoms with Crippen molar-refractivity contribution in [2.75, 3.05) is 7.05 Å². The van der Waals surface area contributed by atoms with Crippen molar-refractivity contribution >= 4 is 23.5 Å². The summed E-state index contributed by atoms with van der Waals surface area (Å²) < 4.78 is 0.